The summed E-state index contributed by atoms with van der Waals surface area (Å²) in [7, 11) is 0. The van der Waals surface area contributed by atoms with E-state index in [-0.39, 0.29) is 11.8 Å². The number of ether oxygens (including phenoxy) is 1. The topological polar surface area (TPSA) is 52.3 Å². The lowest BCUT2D eigenvalue weighted by Crippen LogP contribution is -2.05. The first-order valence-corrected chi connectivity index (χ1v) is 4.78. The van der Waals surface area contributed by atoms with Crippen LogP contribution in [0.3, 0.4) is 0 Å². The van der Waals surface area contributed by atoms with Gasteiger partial charge in [-0.15, -0.1) is 0 Å². The predicted molar refractivity (Wildman–Crippen MR) is 53.5 cm³/mol. The monoisotopic (exact) mass is 191 g/mol. The van der Waals surface area contributed by atoms with Crippen LogP contribution in [-0.4, -0.2) is 12.4 Å². The van der Waals surface area contributed by atoms with Crippen LogP contribution in [0.15, 0.2) is 18.2 Å². The molecule has 1 aliphatic carbocycles. The van der Waals surface area contributed by atoms with Crippen LogP contribution < -0.4 is 10.5 Å². The van der Waals surface area contributed by atoms with Gasteiger partial charge in [0, 0.05) is 12.5 Å². The third-order valence-corrected chi connectivity index (χ3v) is 2.44. The first-order valence-electron chi connectivity index (χ1n) is 4.78. The Balaban J connectivity index is 2.50. The summed E-state index contributed by atoms with van der Waals surface area (Å²) in [5, 5.41) is 0. The van der Waals surface area contributed by atoms with Crippen molar-refractivity contribution >= 4 is 5.78 Å². The highest BCUT2D eigenvalue weighted by molar-refractivity contribution is 6.03. The quantitative estimate of drug-likeness (QED) is 0.773. The van der Waals surface area contributed by atoms with Crippen molar-refractivity contribution < 1.29 is 9.53 Å². The number of benzene rings is 1. The van der Waals surface area contributed by atoms with Crippen LogP contribution in [0.2, 0.25) is 0 Å². The average molecular weight is 191 g/mol. The standard InChI is InChI=1S/C11H13NO2/c1-2-14-10-5-3-4-7-8(12)6-9(13)11(7)10/h3-5,8H,2,6,12H2,1H3. The van der Waals surface area contributed by atoms with Crippen LogP contribution in [0.5, 0.6) is 5.75 Å². The predicted octanol–water partition coefficient (Wildman–Crippen LogP) is 1.67. The molecule has 3 nitrogen and oxygen atoms in total. The molecule has 2 N–H and O–H groups in total. The third-order valence-electron chi connectivity index (χ3n) is 2.44. The van der Waals surface area contributed by atoms with E-state index in [0.29, 0.717) is 24.3 Å². The molecule has 0 saturated heterocycles. The molecule has 1 aliphatic rings. The Bertz CT molecular complexity index is 374. The Labute approximate surface area is 82.9 Å². The van der Waals surface area contributed by atoms with E-state index in [9.17, 15) is 4.79 Å². The van der Waals surface area contributed by atoms with Crippen molar-refractivity contribution in [2.75, 3.05) is 6.61 Å². The molecular formula is C11H13NO2. The minimum atomic E-state index is -0.155. The van der Waals surface area contributed by atoms with E-state index in [4.69, 9.17) is 10.5 Å². The summed E-state index contributed by atoms with van der Waals surface area (Å²) in [5.41, 5.74) is 7.43. The molecule has 0 aliphatic heterocycles. The fourth-order valence-corrected chi connectivity index (χ4v) is 1.84. The number of carbonyl (C=O) groups excluding carboxylic acids is 1. The Morgan fingerprint density at radius 2 is 2.36 bits per heavy atom. The molecule has 0 aromatic heterocycles. The van der Waals surface area contributed by atoms with Crippen LogP contribution in [0.25, 0.3) is 0 Å². The summed E-state index contributed by atoms with van der Waals surface area (Å²) in [6, 6.07) is 5.44. The molecule has 0 fully saturated rings. The lowest BCUT2D eigenvalue weighted by Gasteiger charge is -2.08. The third kappa shape index (κ3) is 1.30. The van der Waals surface area contributed by atoms with E-state index < -0.39 is 0 Å². The average Bonchev–Trinajstić information content (AvgIpc) is 2.44. The van der Waals surface area contributed by atoms with E-state index in [0.717, 1.165) is 5.56 Å². The number of hydrogen-bond donors (Lipinski definition) is 1. The second kappa shape index (κ2) is 3.42. The van der Waals surface area contributed by atoms with Gasteiger partial charge in [-0.25, -0.2) is 0 Å². The Kier molecular flexibility index (Phi) is 2.25. The van der Waals surface area contributed by atoms with Gasteiger partial charge in [-0.1, -0.05) is 12.1 Å². The minimum Gasteiger partial charge on any atom is -0.493 e. The molecule has 1 atom stereocenters. The van der Waals surface area contributed by atoms with Gasteiger partial charge in [-0.2, -0.15) is 0 Å². The molecule has 1 unspecified atom stereocenters. The van der Waals surface area contributed by atoms with Gasteiger partial charge < -0.3 is 10.5 Å². The summed E-state index contributed by atoms with van der Waals surface area (Å²) in [5.74, 6) is 0.763. The van der Waals surface area contributed by atoms with Crippen molar-refractivity contribution in [1.29, 1.82) is 0 Å². The molecule has 1 aromatic rings. The van der Waals surface area contributed by atoms with Crippen LogP contribution in [0, 0.1) is 0 Å². The Hall–Kier alpha value is -1.35. The van der Waals surface area contributed by atoms with Crippen LogP contribution in [0.1, 0.15) is 35.3 Å². The minimum absolute atomic E-state index is 0.0940. The molecule has 74 valence electrons. The summed E-state index contributed by atoms with van der Waals surface area (Å²) in [4.78, 5) is 11.6. The van der Waals surface area contributed by atoms with E-state index in [1.165, 1.54) is 0 Å². The second-order valence-corrected chi connectivity index (χ2v) is 3.39. The van der Waals surface area contributed by atoms with Gasteiger partial charge in [0.2, 0.25) is 0 Å². The number of fused-ring (bicyclic) bond motifs is 1. The van der Waals surface area contributed by atoms with Crippen molar-refractivity contribution in [3.05, 3.63) is 29.3 Å². The van der Waals surface area contributed by atoms with Crippen molar-refractivity contribution in [1.82, 2.24) is 0 Å². The van der Waals surface area contributed by atoms with Crippen LogP contribution in [-0.2, 0) is 0 Å². The summed E-state index contributed by atoms with van der Waals surface area (Å²) < 4.78 is 5.39. The number of rotatable bonds is 2. The van der Waals surface area contributed by atoms with E-state index in [2.05, 4.69) is 0 Å². The first-order chi connectivity index (χ1) is 6.74. The normalized spacial score (nSPS) is 19.6. The number of hydrogen-bond acceptors (Lipinski definition) is 3. The molecule has 0 radical (unpaired) electrons. The summed E-state index contributed by atoms with van der Waals surface area (Å²) in [6.45, 7) is 2.47. The lowest BCUT2D eigenvalue weighted by molar-refractivity contribution is 0.0986. The molecule has 3 heteroatoms. The number of ketones is 1. The maximum absolute atomic E-state index is 11.6. The Morgan fingerprint density at radius 1 is 1.57 bits per heavy atom. The zero-order chi connectivity index (χ0) is 10.1. The van der Waals surface area contributed by atoms with Gasteiger partial charge in [-0.05, 0) is 18.6 Å². The van der Waals surface area contributed by atoms with Gasteiger partial charge in [0.25, 0.3) is 0 Å². The fourth-order valence-electron chi connectivity index (χ4n) is 1.84. The highest BCUT2D eigenvalue weighted by atomic mass is 16.5. The van der Waals surface area contributed by atoms with Gasteiger partial charge in [-0.3, -0.25) is 4.79 Å². The number of Topliss-reactive ketones (excluding diaryl/α,β-unsaturated/α-hetero) is 1. The molecular weight excluding hydrogens is 178 g/mol. The van der Waals surface area contributed by atoms with Gasteiger partial charge in [0.15, 0.2) is 5.78 Å². The zero-order valence-electron chi connectivity index (χ0n) is 8.12. The SMILES string of the molecule is CCOc1cccc2c1C(=O)CC2N. The highest BCUT2D eigenvalue weighted by Crippen LogP contribution is 2.35. The van der Waals surface area contributed by atoms with E-state index in [1.807, 2.05) is 25.1 Å². The smallest absolute Gasteiger partial charge is 0.168 e. The summed E-state index contributed by atoms with van der Waals surface area (Å²) >= 11 is 0. The first kappa shape index (κ1) is 9.21. The van der Waals surface area contributed by atoms with Crippen LogP contribution >= 0.6 is 0 Å². The van der Waals surface area contributed by atoms with Gasteiger partial charge in [0.1, 0.15) is 5.75 Å². The molecule has 0 saturated carbocycles. The highest BCUT2D eigenvalue weighted by Gasteiger charge is 2.29. The Morgan fingerprint density at radius 3 is 3.07 bits per heavy atom. The zero-order valence-corrected chi connectivity index (χ0v) is 8.12. The van der Waals surface area contributed by atoms with Crippen LogP contribution in [0.4, 0.5) is 0 Å². The number of nitrogens with two attached hydrogens (primary N) is 1. The molecule has 2 rings (SSSR count). The van der Waals surface area contributed by atoms with Gasteiger partial charge in [0.05, 0.1) is 12.2 Å². The maximum atomic E-state index is 11.6. The molecule has 0 amide bonds. The van der Waals surface area contributed by atoms with E-state index in [1.54, 1.807) is 0 Å². The van der Waals surface area contributed by atoms with Crippen molar-refractivity contribution in [2.24, 2.45) is 5.73 Å². The van der Waals surface area contributed by atoms with Crippen molar-refractivity contribution in [3.63, 3.8) is 0 Å². The molecule has 0 heterocycles. The molecule has 0 spiro atoms. The maximum Gasteiger partial charge on any atom is 0.168 e. The van der Waals surface area contributed by atoms with Crippen molar-refractivity contribution in [3.8, 4) is 5.75 Å². The molecule has 0 bridgehead atoms. The number of carbonyl (C=O) groups is 1. The molecule has 14 heavy (non-hydrogen) atoms. The largest absolute Gasteiger partial charge is 0.493 e. The van der Waals surface area contributed by atoms with Crippen molar-refractivity contribution in [2.45, 2.75) is 19.4 Å². The lowest BCUT2D eigenvalue weighted by atomic mass is 10.1. The van der Waals surface area contributed by atoms with E-state index >= 15 is 0 Å². The summed E-state index contributed by atoms with van der Waals surface area (Å²) in [6.07, 6.45) is 0.402. The second-order valence-electron chi connectivity index (χ2n) is 3.39. The van der Waals surface area contributed by atoms with Gasteiger partial charge >= 0.3 is 0 Å². The molecule has 1 aromatic carbocycles. The fraction of sp³-hybridized carbons (Fsp3) is 0.364.